The van der Waals surface area contributed by atoms with Gasteiger partial charge >= 0.3 is 5.69 Å². The van der Waals surface area contributed by atoms with Gasteiger partial charge < -0.3 is 9.40 Å². The van der Waals surface area contributed by atoms with Crippen molar-refractivity contribution in [2.75, 3.05) is 7.11 Å². The summed E-state index contributed by atoms with van der Waals surface area (Å²) < 4.78 is 14.0. The molecule has 1 N–H and O–H groups in total. The van der Waals surface area contributed by atoms with Gasteiger partial charge in [-0.25, -0.2) is 4.79 Å². The molecule has 0 amide bonds. The van der Waals surface area contributed by atoms with E-state index in [4.69, 9.17) is 0 Å². The molecule has 7 heteroatoms. The van der Waals surface area contributed by atoms with Crippen molar-refractivity contribution in [3.63, 3.8) is 0 Å². The van der Waals surface area contributed by atoms with Crippen LogP contribution in [0.4, 0.5) is 4.39 Å². The summed E-state index contributed by atoms with van der Waals surface area (Å²) in [6.07, 6.45) is 1.04. The van der Waals surface area contributed by atoms with Crippen LogP contribution in [-0.4, -0.2) is 22.6 Å². The van der Waals surface area contributed by atoms with Crippen LogP contribution in [0.25, 0.3) is 0 Å². The van der Waals surface area contributed by atoms with E-state index in [0.29, 0.717) is 0 Å². The number of halogens is 1. The number of nitrogens with one attached hydrogen (secondary N) is 1. The summed E-state index contributed by atoms with van der Waals surface area (Å²) in [4.78, 5) is 28.0. The molecule has 0 saturated carbocycles. The zero-order valence-electron chi connectivity index (χ0n) is 7.57. The Bertz CT molecular complexity index is 474. The average molecular weight is 201 g/mol. The van der Waals surface area contributed by atoms with E-state index in [0.717, 1.165) is 17.9 Å². The molecule has 0 spiro atoms. The second kappa shape index (κ2) is 3.86. The monoisotopic (exact) mass is 201 g/mol. The maximum Gasteiger partial charge on any atom is 0.328 e. The van der Waals surface area contributed by atoms with Crippen LogP contribution in [0.5, 0.6) is 0 Å². The quantitative estimate of drug-likeness (QED) is 0.510. The predicted molar refractivity (Wildman–Crippen MR) is 47.0 cm³/mol. The van der Waals surface area contributed by atoms with Gasteiger partial charge in [-0.2, -0.15) is 4.39 Å². The molecular weight excluding hydrogens is 193 g/mol. The Morgan fingerprint density at radius 1 is 1.64 bits per heavy atom. The highest BCUT2D eigenvalue weighted by molar-refractivity contribution is 5.91. The van der Waals surface area contributed by atoms with Crippen molar-refractivity contribution < 1.29 is 9.23 Å². The second-order valence-corrected chi connectivity index (χ2v) is 2.48. The number of aromatic amines is 1. The summed E-state index contributed by atoms with van der Waals surface area (Å²) in [7, 11) is 2.53. The molecule has 0 radical (unpaired) electrons. The summed E-state index contributed by atoms with van der Waals surface area (Å²) in [5.74, 6) is -1.08. The van der Waals surface area contributed by atoms with Gasteiger partial charge in [0.15, 0.2) is 0 Å². The fraction of sp³-hybridized carbons (Fsp3) is 0.286. The van der Waals surface area contributed by atoms with Gasteiger partial charge in [0.25, 0.3) is 11.5 Å². The van der Waals surface area contributed by atoms with Crippen molar-refractivity contribution in [1.82, 2.24) is 9.55 Å². The van der Waals surface area contributed by atoms with E-state index in [1.807, 2.05) is 4.98 Å². The maximum atomic E-state index is 13.0. The fourth-order valence-electron chi connectivity index (χ4n) is 0.840. The number of rotatable bonds is 2. The van der Waals surface area contributed by atoms with Crippen molar-refractivity contribution in [2.24, 2.45) is 12.2 Å². The van der Waals surface area contributed by atoms with Crippen LogP contribution in [0.3, 0.4) is 0 Å². The normalized spacial score (nSPS) is 11.5. The molecule has 1 rings (SSSR count). The van der Waals surface area contributed by atoms with E-state index in [9.17, 15) is 14.0 Å². The smallest absolute Gasteiger partial charge is 0.328 e. The minimum absolute atomic E-state index is 0.353. The Labute approximate surface area is 77.6 Å². The van der Waals surface area contributed by atoms with E-state index in [1.54, 1.807) is 0 Å². The Morgan fingerprint density at radius 2 is 2.29 bits per heavy atom. The molecule has 0 aliphatic carbocycles. The highest BCUT2D eigenvalue weighted by Crippen LogP contribution is 1.93. The van der Waals surface area contributed by atoms with Crippen LogP contribution >= 0.6 is 0 Å². The third-order valence-corrected chi connectivity index (χ3v) is 1.50. The number of aryl methyl sites for hydroxylation is 1. The number of nitrogens with zero attached hydrogens (tertiary/aromatic N) is 2. The largest absolute Gasteiger partial charge is 0.397 e. The van der Waals surface area contributed by atoms with E-state index >= 15 is 0 Å². The molecular formula is C7H8FN3O3. The van der Waals surface area contributed by atoms with Gasteiger partial charge in [0, 0.05) is 13.2 Å². The Hall–Kier alpha value is -1.92. The second-order valence-electron chi connectivity index (χ2n) is 2.48. The molecule has 6 nitrogen and oxygen atoms in total. The molecule has 0 bridgehead atoms. The van der Waals surface area contributed by atoms with E-state index < -0.39 is 17.2 Å². The van der Waals surface area contributed by atoms with Gasteiger partial charge in [-0.3, -0.25) is 9.78 Å². The SMILES string of the molecule is CO/N=C(\F)c1cn(C)c(=O)[nH]c1=O. The van der Waals surface area contributed by atoms with Crippen molar-refractivity contribution in [1.29, 1.82) is 0 Å². The summed E-state index contributed by atoms with van der Waals surface area (Å²) >= 11 is 0. The van der Waals surface area contributed by atoms with Crippen molar-refractivity contribution in [2.45, 2.75) is 0 Å². The molecule has 0 atom stereocenters. The number of H-pyrrole nitrogens is 1. The molecule has 76 valence electrons. The third kappa shape index (κ3) is 1.87. The van der Waals surface area contributed by atoms with Crippen molar-refractivity contribution in [3.8, 4) is 0 Å². The van der Waals surface area contributed by atoms with Gasteiger partial charge in [-0.05, 0) is 0 Å². The lowest BCUT2D eigenvalue weighted by molar-refractivity contribution is 0.209. The first kappa shape index (κ1) is 10.2. The molecule has 0 aliphatic heterocycles. The minimum Gasteiger partial charge on any atom is -0.397 e. The van der Waals surface area contributed by atoms with Crippen molar-refractivity contribution >= 4 is 5.97 Å². The highest BCUT2D eigenvalue weighted by atomic mass is 19.1. The van der Waals surface area contributed by atoms with Crippen LogP contribution in [0, 0.1) is 0 Å². The fourth-order valence-corrected chi connectivity index (χ4v) is 0.840. The number of oxime groups is 1. The van der Waals surface area contributed by atoms with Crippen LogP contribution in [0.15, 0.2) is 20.9 Å². The molecule has 1 heterocycles. The standard InChI is InChI=1S/C7H8FN3O3/c1-11-3-4(5(8)10-14-2)6(12)9-7(11)13/h3H,1-2H3,(H,9,12,13)/b10-5-. The van der Waals surface area contributed by atoms with Crippen LogP contribution in [-0.2, 0) is 11.9 Å². The van der Waals surface area contributed by atoms with Crippen LogP contribution in [0.2, 0.25) is 0 Å². The minimum atomic E-state index is -1.08. The highest BCUT2D eigenvalue weighted by Gasteiger charge is 2.09. The van der Waals surface area contributed by atoms with Gasteiger partial charge in [-0.15, -0.1) is 0 Å². The lowest BCUT2D eigenvalue weighted by Crippen LogP contribution is -2.31. The lowest BCUT2D eigenvalue weighted by atomic mass is 10.3. The summed E-state index contributed by atoms with van der Waals surface area (Å²) in [5.41, 5.74) is -1.82. The Morgan fingerprint density at radius 3 is 2.86 bits per heavy atom. The van der Waals surface area contributed by atoms with Crippen molar-refractivity contribution in [3.05, 3.63) is 32.6 Å². The molecule has 1 aromatic rings. The van der Waals surface area contributed by atoms with E-state index in [1.165, 1.54) is 7.05 Å². The van der Waals surface area contributed by atoms with Gasteiger partial charge in [-0.1, -0.05) is 5.16 Å². The van der Waals surface area contributed by atoms with E-state index in [-0.39, 0.29) is 5.56 Å². The summed E-state index contributed by atoms with van der Waals surface area (Å²) in [6.45, 7) is 0. The zero-order chi connectivity index (χ0) is 10.7. The van der Waals surface area contributed by atoms with Crippen LogP contribution in [0.1, 0.15) is 5.56 Å². The molecule has 0 aliphatic rings. The maximum absolute atomic E-state index is 13.0. The third-order valence-electron chi connectivity index (χ3n) is 1.50. The molecule has 1 aromatic heterocycles. The lowest BCUT2D eigenvalue weighted by Gasteiger charge is -1.98. The first-order valence-electron chi connectivity index (χ1n) is 3.63. The van der Waals surface area contributed by atoms with Crippen LogP contribution < -0.4 is 11.2 Å². The number of hydrogen-bond acceptors (Lipinski definition) is 4. The van der Waals surface area contributed by atoms with Gasteiger partial charge in [0.1, 0.15) is 12.7 Å². The average Bonchev–Trinajstić information content (AvgIpc) is 2.11. The molecule has 0 aromatic carbocycles. The number of hydrogen-bond donors (Lipinski definition) is 1. The Kier molecular flexibility index (Phi) is 2.80. The Balaban J connectivity index is 3.37. The van der Waals surface area contributed by atoms with Gasteiger partial charge in [0.05, 0.1) is 0 Å². The zero-order valence-corrected chi connectivity index (χ0v) is 7.57. The summed E-state index contributed by atoms with van der Waals surface area (Å²) in [5, 5.41) is 2.94. The summed E-state index contributed by atoms with van der Waals surface area (Å²) in [6, 6.07) is 0. The molecule has 14 heavy (non-hydrogen) atoms. The number of aromatic nitrogens is 2. The predicted octanol–water partition coefficient (Wildman–Crippen LogP) is -0.649. The molecule has 0 unspecified atom stereocenters. The first-order valence-corrected chi connectivity index (χ1v) is 3.63. The molecule has 0 fully saturated rings. The topological polar surface area (TPSA) is 76.5 Å². The first-order chi connectivity index (χ1) is 6.56. The van der Waals surface area contributed by atoms with Gasteiger partial charge in [0.2, 0.25) is 0 Å². The van der Waals surface area contributed by atoms with E-state index in [2.05, 4.69) is 9.99 Å². The molecule has 0 saturated heterocycles.